The zero-order valence-corrected chi connectivity index (χ0v) is 17.8. The quantitative estimate of drug-likeness (QED) is 0.359. The number of carbonyl (C=O) groups is 2. The van der Waals surface area contributed by atoms with Crippen molar-refractivity contribution in [1.82, 2.24) is 34.8 Å². The molecule has 10 nitrogen and oxygen atoms in total. The predicted molar refractivity (Wildman–Crippen MR) is 114 cm³/mol. The van der Waals surface area contributed by atoms with Gasteiger partial charge in [0.15, 0.2) is 15.8 Å². The van der Waals surface area contributed by atoms with Crippen LogP contribution < -0.4 is 10.6 Å². The molecule has 1 fully saturated rings. The molecule has 4 rings (SSSR count). The molecular formula is C18H20N8O2S2. The van der Waals surface area contributed by atoms with Gasteiger partial charge in [-0.15, -0.1) is 10.2 Å². The van der Waals surface area contributed by atoms with E-state index in [2.05, 4.69) is 31.0 Å². The van der Waals surface area contributed by atoms with Crippen LogP contribution in [0.4, 0.5) is 5.69 Å². The summed E-state index contributed by atoms with van der Waals surface area (Å²) in [6.45, 7) is 0.271. The maximum Gasteiger partial charge on any atom is 0.251 e. The highest BCUT2D eigenvalue weighted by Gasteiger charge is 2.27. The molecule has 2 amide bonds. The van der Waals surface area contributed by atoms with E-state index < -0.39 is 0 Å². The number of nitrogens with one attached hydrogen (secondary N) is 3. The van der Waals surface area contributed by atoms with Crippen molar-refractivity contribution in [2.75, 3.05) is 11.1 Å². The molecule has 0 bridgehead atoms. The predicted octanol–water partition coefficient (Wildman–Crippen LogP) is 2.06. The Kier molecular flexibility index (Phi) is 5.95. The lowest BCUT2D eigenvalue weighted by Crippen LogP contribution is -2.25. The molecule has 1 saturated carbocycles. The van der Waals surface area contributed by atoms with Crippen molar-refractivity contribution in [2.24, 2.45) is 7.05 Å². The van der Waals surface area contributed by atoms with Crippen molar-refractivity contribution >= 4 is 41.5 Å². The molecule has 3 N–H and O–H groups in total. The molecule has 1 aromatic carbocycles. The van der Waals surface area contributed by atoms with Crippen LogP contribution in [0.3, 0.4) is 0 Å². The van der Waals surface area contributed by atoms with E-state index in [1.807, 2.05) is 11.6 Å². The summed E-state index contributed by atoms with van der Waals surface area (Å²) < 4.78 is 4.27. The monoisotopic (exact) mass is 444 g/mol. The molecule has 30 heavy (non-hydrogen) atoms. The number of anilines is 1. The fourth-order valence-electron chi connectivity index (χ4n) is 2.90. The van der Waals surface area contributed by atoms with Gasteiger partial charge in [-0.25, -0.2) is 0 Å². The van der Waals surface area contributed by atoms with E-state index in [1.54, 1.807) is 35.2 Å². The molecule has 156 valence electrons. The fraction of sp³-hybridized carbons (Fsp3) is 0.333. The molecule has 3 aromatic rings. The van der Waals surface area contributed by atoms with Gasteiger partial charge in [0, 0.05) is 24.3 Å². The number of aromatic amines is 1. The third kappa shape index (κ3) is 4.76. The van der Waals surface area contributed by atoms with Crippen LogP contribution in [0.25, 0.3) is 0 Å². The summed E-state index contributed by atoms with van der Waals surface area (Å²) in [5.41, 5.74) is 0.993. The normalized spacial score (nSPS) is 13.2. The highest BCUT2D eigenvalue weighted by Crippen LogP contribution is 2.35. The minimum Gasteiger partial charge on any atom is -0.345 e. The number of nitrogens with zero attached hydrogens (tertiary/aromatic N) is 5. The summed E-state index contributed by atoms with van der Waals surface area (Å²) in [5, 5.41) is 21.0. The van der Waals surface area contributed by atoms with Gasteiger partial charge >= 0.3 is 0 Å². The average molecular weight is 445 g/mol. The van der Waals surface area contributed by atoms with Gasteiger partial charge < -0.3 is 15.2 Å². The second-order valence-electron chi connectivity index (χ2n) is 6.87. The number of hydrogen-bond acceptors (Lipinski definition) is 7. The van der Waals surface area contributed by atoms with Crippen LogP contribution in [-0.4, -0.2) is 47.1 Å². The first-order valence-corrected chi connectivity index (χ1v) is 10.7. The van der Waals surface area contributed by atoms with E-state index in [-0.39, 0.29) is 24.1 Å². The van der Waals surface area contributed by atoms with Gasteiger partial charge in [-0.1, -0.05) is 17.8 Å². The summed E-state index contributed by atoms with van der Waals surface area (Å²) in [6.07, 6.45) is 3.73. The minimum atomic E-state index is -0.254. The average Bonchev–Trinajstić information content (AvgIpc) is 3.38. The van der Waals surface area contributed by atoms with Gasteiger partial charge in [0.25, 0.3) is 5.91 Å². The van der Waals surface area contributed by atoms with Crippen molar-refractivity contribution in [3.63, 3.8) is 0 Å². The molecule has 0 saturated heterocycles. The second kappa shape index (κ2) is 8.79. The molecule has 2 heterocycles. The van der Waals surface area contributed by atoms with Crippen LogP contribution in [0, 0.1) is 4.77 Å². The van der Waals surface area contributed by atoms with Crippen molar-refractivity contribution in [3.8, 4) is 0 Å². The largest absolute Gasteiger partial charge is 0.345 e. The molecule has 0 spiro atoms. The third-order valence-corrected chi connectivity index (χ3v) is 5.83. The van der Waals surface area contributed by atoms with Crippen LogP contribution >= 0.6 is 24.0 Å². The lowest BCUT2D eigenvalue weighted by molar-refractivity contribution is -0.113. The van der Waals surface area contributed by atoms with Crippen molar-refractivity contribution in [2.45, 2.75) is 30.6 Å². The van der Waals surface area contributed by atoms with E-state index in [4.69, 9.17) is 12.2 Å². The van der Waals surface area contributed by atoms with Crippen LogP contribution in [0.5, 0.6) is 0 Å². The van der Waals surface area contributed by atoms with E-state index in [0.29, 0.717) is 33.0 Å². The van der Waals surface area contributed by atoms with Gasteiger partial charge in [-0.2, -0.15) is 5.10 Å². The third-order valence-electron chi connectivity index (χ3n) is 4.51. The minimum absolute atomic E-state index is 0.187. The Morgan fingerprint density at radius 2 is 2.20 bits per heavy atom. The lowest BCUT2D eigenvalue weighted by atomic mass is 10.2. The zero-order chi connectivity index (χ0) is 21.1. The fourth-order valence-corrected chi connectivity index (χ4v) is 3.89. The summed E-state index contributed by atoms with van der Waals surface area (Å²) in [6, 6.07) is 7.16. The summed E-state index contributed by atoms with van der Waals surface area (Å²) >= 11 is 6.54. The smallest absolute Gasteiger partial charge is 0.251 e. The van der Waals surface area contributed by atoms with Crippen LogP contribution in [-0.2, 0) is 18.4 Å². The molecule has 0 unspecified atom stereocenters. The maximum absolute atomic E-state index is 12.6. The number of rotatable bonds is 8. The molecule has 12 heteroatoms. The van der Waals surface area contributed by atoms with Gasteiger partial charge in [0.05, 0.1) is 12.3 Å². The number of thioether (sulfide) groups is 1. The number of amides is 2. The van der Waals surface area contributed by atoms with E-state index in [1.165, 1.54) is 11.8 Å². The van der Waals surface area contributed by atoms with Crippen molar-refractivity contribution < 1.29 is 9.59 Å². The topological polar surface area (TPSA) is 123 Å². The first kappa shape index (κ1) is 20.3. The Labute approximate surface area is 181 Å². The Morgan fingerprint density at radius 1 is 1.37 bits per heavy atom. The number of aromatic nitrogens is 6. The second-order valence-corrected chi connectivity index (χ2v) is 8.20. The molecule has 2 aromatic heterocycles. The summed E-state index contributed by atoms with van der Waals surface area (Å²) in [7, 11) is 1.81. The molecular weight excluding hydrogens is 424 g/mol. The first-order valence-electron chi connectivity index (χ1n) is 9.32. The zero-order valence-electron chi connectivity index (χ0n) is 16.2. The lowest BCUT2D eigenvalue weighted by Gasteiger charge is -2.09. The van der Waals surface area contributed by atoms with Crippen LogP contribution in [0.15, 0.2) is 35.7 Å². The molecule has 1 aliphatic carbocycles. The molecule has 0 radical (unpaired) electrons. The van der Waals surface area contributed by atoms with Crippen LogP contribution in [0.1, 0.15) is 35.1 Å². The molecule has 0 aliphatic heterocycles. The van der Waals surface area contributed by atoms with E-state index in [9.17, 15) is 9.59 Å². The number of aryl methyl sites for hydroxylation is 1. The number of hydrogen-bond donors (Lipinski definition) is 3. The Bertz CT molecular complexity index is 1130. The highest BCUT2D eigenvalue weighted by atomic mass is 32.2. The Balaban J connectivity index is 1.33. The van der Waals surface area contributed by atoms with Crippen molar-refractivity contribution in [3.05, 3.63) is 46.8 Å². The highest BCUT2D eigenvalue weighted by molar-refractivity contribution is 7.99. The number of benzene rings is 1. The van der Waals surface area contributed by atoms with Gasteiger partial charge in [-0.3, -0.25) is 19.3 Å². The summed E-state index contributed by atoms with van der Waals surface area (Å²) in [4.78, 5) is 24.8. The van der Waals surface area contributed by atoms with Crippen LogP contribution in [0.2, 0.25) is 0 Å². The standard InChI is InChI=1S/C18H20N8O2S2/c1-25-10-20-24-18(25)30-9-15(27)21-12-4-2-3-11(7-12)16(28)19-8-14-22-23-17(29)26(14)13-5-6-13/h2-4,7,10,13H,5-6,8-9H2,1H3,(H,19,28)(H,21,27)(H,23,29). The van der Waals surface area contributed by atoms with E-state index >= 15 is 0 Å². The first-order chi connectivity index (χ1) is 14.5. The molecule has 1 aliphatic rings. The van der Waals surface area contributed by atoms with Gasteiger partial charge in [-0.05, 0) is 43.3 Å². The summed E-state index contributed by atoms with van der Waals surface area (Å²) in [5.74, 6) is 0.449. The molecule has 0 atom stereocenters. The van der Waals surface area contributed by atoms with E-state index in [0.717, 1.165) is 12.8 Å². The number of H-pyrrole nitrogens is 1. The van der Waals surface area contributed by atoms with Gasteiger partial charge in [0.1, 0.15) is 6.33 Å². The Morgan fingerprint density at radius 3 is 2.93 bits per heavy atom. The Hall–Kier alpha value is -2.99. The maximum atomic E-state index is 12.6. The SMILES string of the molecule is Cn1cnnc1SCC(=O)Nc1cccc(C(=O)NCc2n[nH]c(=S)n2C2CC2)c1. The number of carbonyl (C=O) groups excluding carboxylic acids is 2. The van der Waals surface area contributed by atoms with Crippen molar-refractivity contribution in [1.29, 1.82) is 0 Å². The van der Waals surface area contributed by atoms with Gasteiger partial charge in [0.2, 0.25) is 5.91 Å².